The van der Waals surface area contributed by atoms with Gasteiger partial charge < -0.3 is 15.0 Å². The van der Waals surface area contributed by atoms with E-state index in [1.54, 1.807) is 14.2 Å². The van der Waals surface area contributed by atoms with Crippen LogP contribution in [0.2, 0.25) is 0 Å². The van der Waals surface area contributed by atoms with Crippen molar-refractivity contribution < 1.29 is 9.53 Å². The summed E-state index contributed by atoms with van der Waals surface area (Å²) < 4.78 is 5.50. The first kappa shape index (κ1) is 18.0. The first-order valence-electron chi connectivity index (χ1n) is 9.26. The molecule has 1 N–H and O–H groups in total. The second-order valence-electron chi connectivity index (χ2n) is 6.90. The number of nitrogens with one attached hydrogen (secondary N) is 1. The number of amides is 1. The number of methoxy groups -OCH3 is 1. The van der Waals surface area contributed by atoms with E-state index in [0.29, 0.717) is 12.6 Å². The molecule has 1 atom stereocenters. The maximum atomic E-state index is 11.6. The molecule has 3 rings (SSSR count). The topological polar surface area (TPSA) is 48.1 Å². The molecule has 2 heterocycles. The number of rotatable bonds is 5. The van der Waals surface area contributed by atoms with Crippen LogP contribution in [0.4, 0.5) is 5.69 Å². The molecule has 0 aromatic heterocycles. The lowest BCUT2D eigenvalue weighted by Gasteiger charge is -2.44. The fourth-order valence-corrected chi connectivity index (χ4v) is 3.97. The van der Waals surface area contributed by atoms with E-state index in [1.165, 1.54) is 18.5 Å². The van der Waals surface area contributed by atoms with Crippen LogP contribution in [0, 0.1) is 0 Å². The molecule has 0 bridgehead atoms. The van der Waals surface area contributed by atoms with Crippen molar-refractivity contribution in [3.8, 4) is 5.75 Å². The van der Waals surface area contributed by atoms with Crippen molar-refractivity contribution in [3.05, 3.63) is 24.3 Å². The van der Waals surface area contributed by atoms with Gasteiger partial charge in [0.05, 0.1) is 19.3 Å². The third-order valence-electron chi connectivity index (χ3n) is 5.38. The predicted octanol–water partition coefficient (Wildman–Crippen LogP) is 1.03. The summed E-state index contributed by atoms with van der Waals surface area (Å²) in [5.74, 6) is 1.06. The molecule has 0 saturated carbocycles. The highest BCUT2D eigenvalue weighted by atomic mass is 16.5. The fraction of sp³-hybridized carbons (Fsp3) is 0.632. The smallest absolute Gasteiger partial charge is 0.233 e. The van der Waals surface area contributed by atoms with E-state index in [0.717, 1.165) is 45.0 Å². The van der Waals surface area contributed by atoms with Gasteiger partial charge in [0.2, 0.25) is 5.91 Å². The lowest BCUT2D eigenvalue weighted by Crippen LogP contribution is -2.55. The van der Waals surface area contributed by atoms with Crippen LogP contribution in [0.5, 0.6) is 5.75 Å². The third-order valence-corrected chi connectivity index (χ3v) is 5.38. The molecule has 1 aromatic rings. The Bertz CT molecular complexity index is 572. The van der Waals surface area contributed by atoms with Gasteiger partial charge >= 0.3 is 0 Å². The summed E-state index contributed by atoms with van der Waals surface area (Å²) in [6.45, 7) is 6.73. The molecule has 2 aliphatic heterocycles. The first-order valence-corrected chi connectivity index (χ1v) is 9.26. The van der Waals surface area contributed by atoms with Crippen molar-refractivity contribution in [1.29, 1.82) is 0 Å². The van der Waals surface area contributed by atoms with Gasteiger partial charge in [-0.05, 0) is 31.5 Å². The number of hydrogen-bond donors (Lipinski definition) is 1. The van der Waals surface area contributed by atoms with E-state index in [1.807, 2.05) is 12.1 Å². The van der Waals surface area contributed by atoms with Crippen LogP contribution >= 0.6 is 0 Å². The Labute approximate surface area is 150 Å². The Morgan fingerprint density at radius 3 is 2.68 bits per heavy atom. The molecule has 2 saturated heterocycles. The van der Waals surface area contributed by atoms with Crippen molar-refractivity contribution in [2.24, 2.45) is 0 Å². The van der Waals surface area contributed by atoms with Crippen molar-refractivity contribution in [2.45, 2.75) is 18.9 Å². The number of ether oxygens (including phenoxy) is 1. The molecule has 6 heteroatoms. The zero-order valence-corrected chi connectivity index (χ0v) is 15.4. The van der Waals surface area contributed by atoms with Gasteiger partial charge in [0.1, 0.15) is 5.75 Å². The van der Waals surface area contributed by atoms with E-state index in [-0.39, 0.29) is 5.91 Å². The van der Waals surface area contributed by atoms with Crippen LogP contribution < -0.4 is 15.0 Å². The lowest BCUT2D eigenvalue weighted by molar-refractivity contribution is -0.122. The number of piperazine rings is 1. The average molecular weight is 346 g/mol. The second kappa shape index (κ2) is 8.54. The Hall–Kier alpha value is -1.79. The number of likely N-dealkylation sites (N-methyl/N-ethyl adjacent to an activating group) is 1. The van der Waals surface area contributed by atoms with Crippen molar-refractivity contribution in [3.63, 3.8) is 0 Å². The standard InChI is InChI=1S/C19H30N4O2/c1-20-19(24)15-21-9-5-6-16(14-21)22-10-12-23(13-11-22)17-7-3-4-8-18(17)25-2/h3-4,7-8,16H,5-6,9-15H2,1-2H3,(H,20,24)/t16-/m0/s1. The van der Waals surface area contributed by atoms with Crippen LogP contribution in [0.15, 0.2) is 24.3 Å². The summed E-state index contributed by atoms with van der Waals surface area (Å²) in [6, 6.07) is 8.82. The number of para-hydroxylation sites is 2. The van der Waals surface area contributed by atoms with Crippen molar-refractivity contribution >= 4 is 11.6 Å². The van der Waals surface area contributed by atoms with E-state index in [4.69, 9.17) is 4.74 Å². The summed E-state index contributed by atoms with van der Waals surface area (Å²) in [5.41, 5.74) is 1.19. The molecule has 1 aromatic carbocycles. The van der Waals surface area contributed by atoms with Gasteiger partial charge in [-0.25, -0.2) is 0 Å². The number of piperidine rings is 1. The minimum atomic E-state index is 0.113. The van der Waals surface area contributed by atoms with E-state index < -0.39 is 0 Å². The van der Waals surface area contributed by atoms with Gasteiger partial charge in [0, 0.05) is 45.8 Å². The largest absolute Gasteiger partial charge is 0.495 e. The summed E-state index contributed by atoms with van der Waals surface area (Å²) in [7, 11) is 3.44. The van der Waals surface area contributed by atoms with Gasteiger partial charge in [0.15, 0.2) is 0 Å². The molecule has 0 radical (unpaired) electrons. The molecular formula is C19H30N4O2. The summed E-state index contributed by atoms with van der Waals surface area (Å²) in [5, 5.41) is 2.73. The number of benzene rings is 1. The number of carbonyl (C=O) groups is 1. The van der Waals surface area contributed by atoms with Crippen LogP contribution in [0.1, 0.15) is 12.8 Å². The van der Waals surface area contributed by atoms with Crippen LogP contribution in [-0.4, -0.2) is 81.7 Å². The molecule has 138 valence electrons. The van der Waals surface area contributed by atoms with Gasteiger partial charge in [-0.2, -0.15) is 0 Å². The van der Waals surface area contributed by atoms with Gasteiger partial charge in [-0.1, -0.05) is 12.1 Å². The number of anilines is 1. The minimum absolute atomic E-state index is 0.113. The highest BCUT2D eigenvalue weighted by molar-refractivity contribution is 5.77. The van der Waals surface area contributed by atoms with Gasteiger partial charge in [-0.15, -0.1) is 0 Å². The molecule has 0 spiro atoms. The minimum Gasteiger partial charge on any atom is -0.495 e. The molecule has 1 amide bonds. The van der Waals surface area contributed by atoms with Crippen molar-refractivity contribution in [2.75, 3.05) is 64.9 Å². The maximum absolute atomic E-state index is 11.6. The molecule has 0 unspecified atom stereocenters. The number of hydrogen-bond acceptors (Lipinski definition) is 5. The molecule has 6 nitrogen and oxygen atoms in total. The van der Waals surface area contributed by atoms with Crippen LogP contribution in [-0.2, 0) is 4.79 Å². The van der Waals surface area contributed by atoms with E-state index in [2.05, 4.69) is 32.1 Å². The molecule has 0 aliphatic carbocycles. The second-order valence-corrected chi connectivity index (χ2v) is 6.90. The Balaban J connectivity index is 1.54. The first-order chi connectivity index (χ1) is 12.2. The SMILES string of the molecule is CNC(=O)CN1CCC[C@H](N2CCN(c3ccccc3OC)CC2)C1. The van der Waals surface area contributed by atoms with Gasteiger partial charge in [-0.3, -0.25) is 14.6 Å². The highest BCUT2D eigenvalue weighted by Gasteiger charge is 2.29. The Morgan fingerprint density at radius 1 is 1.20 bits per heavy atom. The molecular weight excluding hydrogens is 316 g/mol. The normalized spacial score (nSPS) is 22.6. The van der Waals surface area contributed by atoms with Gasteiger partial charge in [0.25, 0.3) is 0 Å². The summed E-state index contributed by atoms with van der Waals surface area (Å²) in [4.78, 5) is 18.9. The van der Waals surface area contributed by atoms with Crippen molar-refractivity contribution in [1.82, 2.24) is 15.1 Å². The van der Waals surface area contributed by atoms with Crippen LogP contribution in [0.3, 0.4) is 0 Å². The Kier molecular flexibility index (Phi) is 6.15. The average Bonchev–Trinajstić information content (AvgIpc) is 2.68. The molecule has 2 fully saturated rings. The summed E-state index contributed by atoms with van der Waals surface area (Å²) >= 11 is 0. The molecule has 25 heavy (non-hydrogen) atoms. The third kappa shape index (κ3) is 4.44. The summed E-state index contributed by atoms with van der Waals surface area (Å²) in [6.07, 6.45) is 2.41. The number of carbonyl (C=O) groups excluding carboxylic acids is 1. The fourth-order valence-electron chi connectivity index (χ4n) is 3.97. The van der Waals surface area contributed by atoms with Crippen LogP contribution in [0.25, 0.3) is 0 Å². The zero-order chi connectivity index (χ0) is 17.6. The van der Waals surface area contributed by atoms with E-state index >= 15 is 0 Å². The maximum Gasteiger partial charge on any atom is 0.233 e. The highest BCUT2D eigenvalue weighted by Crippen LogP contribution is 2.29. The Morgan fingerprint density at radius 2 is 1.96 bits per heavy atom. The quantitative estimate of drug-likeness (QED) is 0.863. The molecule has 2 aliphatic rings. The lowest BCUT2D eigenvalue weighted by atomic mass is 10.0. The number of nitrogens with zero attached hydrogens (tertiary/aromatic N) is 3. The zero-order valence-electron chi connectivity index (χ0n) is 15.4. The predicted molar refractivity (Wildman–Crippen MR) is 100 cm³/mol. The monoisotopic (exact) mass is 346 g/mol. The van der Waals surface area contributed by atoms with E-state index in [9.17, 15) is 4.79 Å². The number of likely N-dealkylation sites (tertiary alicyclic amines) is 1.